The lowest BCUT2D eigenvalue weighted by Crippen LogP contribution is -2.57. The molecule has 0 spiro atoms. The molecule has 0 saturated carbocycles. The normalized spacial score (nSPS) is 14.7. The first-order valence-electron chi connectivity index (χ1n) is 9.07. The van der Waals surface area contributed by atoms with Gasteiger partial charge in [0.2, 0.25) is 17.7 Å². The Kier molecular flexibility index (Phi) is 11.0. The second-order valence-corrected chi connectivity index (χ2v) is 7.12. The summed E-state index contributed by atoms with van der Waals surface area (Å²) in [7, 11) is 0. The molecule has 0 aromatic rings. The molecule has 0 aliphatic heterocycles. The Bertz CT molecular complexity index is 680. The van der Waals surface area contributed by atoms with Crippen LogP contribution in [-0.4, -0.2) is 75.1 Å². The zero-order valence-corrected chi connectivity index (χ0v) is 16.9. The Morgan fingerprint density at radius 3 is 1.63 bits per heavy atom. The van der Waals surface area contributed by atoms with Crippen molar-refractivity contribution in [3.8, 4) is 0 Å². The lowest BCUT2D eigenvalue weighted by molar-refractivity contribution is -0.143. The number of rotatable bonds is 13. The van der Waals surface area contributed by atoms with Gasteiger partial charge in [-0.1, -0.05) is 13.8 Å². The molecule has 13 heteroatoms. The lowest BCUT2D eigenvalue weighted by atomic mass is 10.0. The van der Waals surface area contributed by atoms with Crippen molar-refractivity contribution in [3.63, 3.8) is 0 Å². The summed E-state index contributed by atoms with van der Waals surface area (Å²) in [6.07, 6.45) is -1.48. The quantitative estimate of drug-likeness (QED) is 0.167. The maximum Gasteiger partial charge on any atom is 0.325 e. The minimum Gasteiger partial charge on any atom is -0.481 e. The fourth-order valence-corrected chi connectivity index (χ4v) is 2.29. The van der Waals surface area contributed by atoms with E-state index in [4.69, 9.17) is 21.1 Å². The monoisotopic (exact) mass is 432 g/mol. The highest BCUT2D eigenvalue weighted by atomic mass is 16.4. The number of amides is 3. The van der Waals surface area contributed by atoms with Crippen molar-refractivity contribution in [1.82, 2.24) is 16.0 Å². The molecule has 8 N–H and O–H groups in total. The van der Waals surface area contributed by atoms with Gasteiger partial charge in [0.05, 0.1) is 18.9 Å². The highest BCUT2D eigenvalue weighted by Gasteiger charge is 2.31. The number of nitrogens with two attached hydrogens (primary N) is 1. The molecule has 0 aliphatic carbocycles. The third-order valence-electron chi connectivity index (χ3n) is 3.81. The number of hydrogen-bond donors (Lipinski definition) is 7. The van der Waals surface area contributed by atoms with Crippen LogP contribution in [-0.2, 0) is 28.8 Å². The predicted octanol–water partition coefficient (Wildman–Crippen LogP) is -2.13. The van der Waals surface area contributed by atoms with Gasteiger partial charge in [-0.05, 0) is 19.3 Å². The van der Waals surface area contributed by atoms with Crippen LogP contribution in [0.3, 0.4) is 0 Å². The van der Waals surface area contributed by atoms with Crippen LogP contribution < -0.4 is 21.7 Å². The van der Waals surface area contributed by atoms with Gasteiger partial charge in [0.1, 0.15) is 18.1 Å². The van der Waals surface area contributed by atoms with Crippen molar-refractivity contribution in [1.29, 1.82) is 0 Å². The summed E-state index contributed by atoms with van der Waals surface area (Å²) in [5.41, 5.74) is 5.40. The van der Waals surface area contributed by atoms with Crippen molar-refractivity contribution < 1.29 is 44.1 Å². The van der Waals surface area contributed by atoms with Gasteiger partial charge in [-0.3, -0.25) is 28.8 Å². The summed E-state index contributed by atoms with van der Waals surface area (Å²) >= 11 is 0. The Balaban J connectivity index is 5.38. The third kappa shape index (κ3) is 10.4. The molecule has 0 fully saturated rings. The van der Waals surface area contributed by atoms with Crippen molar-refractivity contribution in [3.05, 3.63) is 0 Å². The number of carboxylic acid groups (broad SMARTS) is 3. The number of hydrogen-bond acceptors (Lipinski definition) is 7. The van der Waals surface area contributed by atoms with E-state index in [0.29, 0.717) is 0 Å². The minimum atomic E-state index is -1.63. The molecule has 13 nitrogen and oxygen atoms in total. The topological polar surface area (TPSA) is 225 Å². The molecule has 0 aromatic heterocycles. The molecule has 4 atom stereocenters. The van der Waals surface area contributed by atoms with E-state index in [-0.39, 0.29) is 12.3 Å². The molecule has 0 aliphatic rings. The van der Waals surface area contributed by atoms with Crippen LogP contribution >= 0.6 is 0 Å². The number of carbonyl (C=O) groups excluding carboxylic acids is 3. The number of carbonyl (C=O) groups is 6. The van der Waals surface area contributed by atoms with Gasteiger partial charge >= 0.3 is 17.9 Å². The van der Waals surface area contributed by atoms with Crippen LogP contribution in [0.5, 0.6) is 0 Å². The van der Waals surface area contributed by atoms with Gasteiger partial charge < -0.3 is 37.0 Å². The van der Waals surface area contributed by atoms with E-state index in [2.05, 4.69) is 16.0 Å². The Labute approximate surface area is 172 Å². The fraction of sp³-hybridized carbons (Fsp3) is 0.647. The standard InChI is InChI=1S/C17H28N4O9/c1-7(2)4-10(15(27)19-8(3)17(29)30)21-16(28)11(6-13(24)25)20-14(26)9(18)5-12(22)23/h7-11H,4-6,18H2,1-3H3,(H,19,27)(H,20,26)(H,21,28)(H,22,23)(H,24,25)(H,29,30). The first-order valence-corrected chi connectivity index (χ1v) is 9.07. The zero-order chi connectivity index (χ0) is 23.6. The fourth-order valence-electron chi connectivity index (χ4n) is 2.29. The van der Waals surface area contributed by atoms with Crippen molar-refractivity contribution in [2.24, 2.45) is 11.7 Å². The van der Waals surface area contributed by atoms with Crippen LogP contribution in [0.1, 0.15) is 40.0 Å². The molecule has 4 unspecified atom stereocenters. The van der Waals surface area contributed by atoms with Gasteiger partial charge in [-0.15, -0.1) is 0 Å². The second kappa shape index (κ2) is 12.4. The van der Waals surface area contributed by atoms with E-state index in [9.17, 15) is 28.8 Å². The number of carboxylic acids is 3. The molecule has 0 rings (SSSR count). The molecule has 170 valence electrons. The number of nitrogens with one attached hydrogen (secondary N) is 3. The average molecular weight is 432 g/mol. The molecule has 0 saturated heterocycles. The molecule has 30 heavy (non-hydrogen) atoms. The van der Waals surface area contributed by atoms with Crippen molar-refractivity contribution >= 4 is 35.6 Å². The lowest BCUT2D eigenvalue weighted by Gasteiger charge is -2.25. The molecule has 0 heterocycles. The summed E-state index contributed by atoms with van der Waals surface area (Å²) in [6, 6.07) is -5.57. The molecule has 0 bridgehead atoms. The summed E-state index contributed by atoms with van der Waals surface area (Å²) in [5, 5.41) is 33.2. The van der Waals surface area contributed by atoms with Crippen LogP contribution in [0.15, 0.2) is 0 Å². The molecule has 3 amide bonds. The third-order valence-corrected chi connectivity index (χ3v) is 3.81. The van der Waals surface area contributed by atoms with E-state index in [1.807, 2.05) is 0 Å². The summed E-state index contributed by atoms with van der Waals surface area (Å²) in [6.45, 7) is 4.72. The van der Waals surface area contributed by atoms with Gasteiger partial charge in [0.15, 0.2) is 0 Å². The van der Waals surface area contributed by atoms with E-state index in [1.165, 1.54) is 6.92 Å². The van der Waals surface area contributed by atoms with Crippen LogP contribution in [0.2, 0.25) is 0 Å². The smallest absolute Gasteiger partial charge is 0.325 e. The van der Waals surface area contributed by atoms with Crippen LogP contribution in [0.25, 0.3) is 0 Å². The van der Waals surface area contributed by atoms with E-state index in [0.717, 1.165) is 0 Å². The van der Waals surface area contributed by atoms with E-state index < -0.39 is 72.6 Å². The van der Waals surface area contributed by atoms with Gasteiger partial charge in [-0.2, -0.15) is 0 Å². The highest BCUT2D eigenvalue weighted by molar-refractivity contribution is 5.96. The average Bonchev–Trinajstić information content (AvgIpc) is 2.58. The first-order chi connectivity index (χ1) is 13.7. The van der Waals surface area contributed by atoms with Crippen molar-refractivity contribution in [2.45, 2.75) is 64.2 Å². The molecule has 0 aromatic carbocycles. The summed E-state index contributed by atoms with van der Waals surface area (Å²) in [4.78, 5) is 69.5. The minimum absolute atomic E-state index is 0.0994. The summed E-state index contributed by atoms with van der Waals surface area (Å²) in [5.74, 6) is -7.06. The SMILES string of the molecule is CC(C)CC(NC(=O)C(CC(=O)O)NC(=O)C(N)CC(=O)O)C(=O)NC(C)C(=O)O. The largest absolute Gasteiger partial charge is 0.481 e. The second-order valence-electron chi connectivity index (χ2n) is 7.12. The molecular weight excluding hydrogens is 404 g/mol. The Morgan fingerprint density at radius 2 is 1.20 bits per heavy atom. The highest BCUT2D eigenvalue weighted by Crippen LogP contribution is 2.07. The molecule has 0 radical (unpaired) electrons. The predicted molar refractivity (Wildman–Crippen MR) is 101 cm³/mol. The van der Waals surface area contributed by atoms with Crippen LogP contribution in [0.4, 0.5) is 0 Å². The van der Waals surface area contributed by atoms with Crippen LogP contribution in [0, 0.1) is 5.92 Å². The van der Waals surface area contributed by atoms with Gasteiger partial charge in [-0.25, -0.2) is 0 Å². The first kappa shape index (κ1) is 26.8. The maximum atomic E-state index is 12.5. The van der Waals surface area contributed by atoms with Crippen molar-refractivity contribution in [2.75, 3.05) is 0 Å². The zero-order valence-electron chi connectivity index (χ0n) is 16.9. The maximum absolute atomic E-state index is 12.5. The Morgan fingerprint density at radius 1 is 0.733 bits per heavy atom. The van der Waals surface area contributed by atoms with E-state index in [1.54, 1.807) is 13.8 Å². The summed E-state index contributed by atoms with van der Waals surface area (Å²) < 4.78 is 0. The Hall–Kier alpha value is -3.22. The van der Waals surface area contributed by atoms with Gasteiger partial charge in [0.25, 0.3) is 0 Å². The number of aliphatic carboxylic acids is 3. The van der Waals surface area contributed by atoms with Gasteiger partial charge in [0, 0.05) is 0 Å². The van der Waals surface area contributed by atoms with E-state index >= 15 is 0 Å². The molecular formula is C17H28N4O9.